The van der Waals surface area contributed by atoms with Crippen LogP contribution in [-0.2, 0) is 0 Å². The van der Waals surface area contributed by atoms with E-state index < -0.39 is 0 Å². The lowest BCUT2D eigenvalue weighted by atomic mass is 10.3. The lowest BCUT2D eigenvalue weighted by Gasteiger charge is -2.04. The quantitative estimate of drug-likeness (QED) is 0.769. The molecule has 1 N–H and O–H groups in total. The van der Waals surface area contributed by atoms with E-state index in [4.69, 9.17) is 23.2 Å². The number of aryl methyl sites for hydroxylation is 1. The van der Waals surface area contributed by atoms with E-state index in [0.717, 1.165) is 11.2 Å². The van der Waals surface area contributed by atoms with Gasteiger partial charge in [-0.05, 0) is 42.8 Å². The summed E-state index contributed by atoms with van der Waals surface area (Å²) in [5.74, 6) is -0.310. The molecule has 6 heteroatoms. The molecule has 0 unspecified atom stereocenters. The Hall–Kier alpha value is -2.04. The number of benzene rings is 1. The molecule has 0 saturated heterocycles. The van der Waals surface area contributed by atoms with Crippen molar-refractivity contribution in [3.05, 3.63) is 64.0 Å². The fourth-order valence-electron chi connectivity index (χ4n) is 2.01. The number of pyridine rings is 1. The van der Waals surface area contributed by atoms with E-state index in [9.17, 15) is 4.79 Å². The van der Waals surface area contributed by atoms with Crippen LogP contribution in [0, 0.1) is 6.92 Å². The highest BCUT2D eigenvalue weighted by atomic mass is 35.5. The number of halogens is 2. The van der Waals surface area contributed by atoms with Gasteiger partial charge in [-0.3, -0.25) is 4.79 Å². The van der Waals surface area contributed by atoms with Crippen molar-refractivity contribution in [2.45, 2.75) is 6.92 Å². The van der Waals surface area contributed by atoms with Crippen LogP contribution in [0.3, 0.4) is 0 Å². The number of carbonyl (C=O) groups is 1. The van der Waals surface area contributed by atoms with Crippen molar-refractivity contribution in [1.29, 1.82) is 0 Å². The highest BCUT2D eigenvalue weighted by Gasteiger charge is 2.11. The Morgan fingerprint density at radius 2 is 1.90 bits per heavy atom. The minimum absolute atomic E-state index is 0.310. The van der Waals surface area contributed by atoms with Crippen LogP contribution in [0.4, 0.5) is 5.69 Å². The molecule has 2 heterocycles. The van der Waals surface area contributed by atoms with Gasteiger partial charge in [-0.2, -0.15) is 0 Å². The number of aromatic nitrogens is 2. The summed E-state index contributed by atoms with van der Waals surface area (Å²) in [4.78, 5) is 16.5. The van der Waals surface area contributed by atoms with Crippen LogP contribution in [0.1, 0.15) is 16.1 Å². The molecule has 2 aromatic heterocycles. The lowest BCUT2D eigenvalue weighted by molar-refractivity contribution is 0.102. The highest BCUT2D eigenvalue weighted by Crippen LogP contribution is 2.22. The molecule has 1 amide bonds. The summed E-state index contributed by atoms with van der Waals surface area (Å²) >= 11 is 11.8. The van der Waals surface area contributed by atoms with Crippen LogP contribution >= 0.6 is 23.2 Å². The molecule has 4 nitrogen and oxygen atoms in total. The van der Waals surface area contributed by atoms with Crippen LogP contribution in [0.5, 0.6) is 0 Å². The molecule has 1 aromatic carbocycles. The number of imidazole rings is 1. The molecule has 0 atom stereocenters. The molecule has 0 fully saturated rings. The van der Waals surface area contributed by atoms with E-state index in [-0.39, 0.29) is 5.91 Å². The van der Waals surface area contributed by atoms with Crippen molar-refractivity contribution in [2.75, 3.05) is 5.32 Å². The molecule has 106 valence electrons. The molecule has 21 heavy (non-hydrogen) atoms. The highest BCUT2D eigenvalue weighted by molar-refractivity contribution is 6.35. The average molecular weight is 320 g/mol. The maximum Gasteiger partial charge on any atom is 0.275 e. The first-order valence-electron chi connectivity index (χ1n) is 6.24. The second kappa shape index (κ2) is 5.39. The Balaban J connectivity index is 1.89. The van der Waals surface area contributed by atoms with E-state index in [1.54, 1.807) is 28.8 Å². The van der Waals surface area contributed by atoms with Crippen molar-refractivity contribution in [1.82, 2.24) is 9.38 Å². The summed E-state index contributed by atoms with van der Waals surface area (Å²) in [7, 11) is 0. The summed E-state index contributed by atoms with van der Waals surface area (Å²) < 4.78 is 1.80. The first kappa shape index (κ1) is 13.9. The Kier molecular flexibility index (Phi) is 3.57. The third-order valence-corrected chi connectivity index (χ3v) is 3.41. The predicted molar refractivity (Wildman–Crippen MR) is 84.3 cm³/mol. The largest absolute Gasteiger partial charge is 0.321 e. The summed E-state index contributed by atoms with van der Waals surface area (Å²) in [5, 5.41) is 3.65. The fourth-order valence-corrected chi connectivity index (χ4v) is 2.54. The molecule has 0 spiro atoms. The van der Waals surface area contributed by atoms with Crippen LogP contribution in [0.15, 0.2) is 42.7 Å². The van der Waals surface area contributed by atoms with Gasteiger partial charge in [0.15, 0.2) is 0 Å². The zero-order valence-electron chi connectivity index (χ0n) is 11.1. The molecule has 0 radical (unpaired) electrons. The first-order valence-corrected chi connectivity index (χ1v) is 7.00. The van der Waals surface area contributed by atoms with Gasteiger partial charge in [-0.15, -0.1) is 0 Å². The predicted octanol–water partition coefficient (Wildman–Crippen LogP) is 4.20. The number of hydrogen-bond donors (Lipinski definition) is 1. The summed E-state index contributed by atoms with van der Waals surface area (Å²) in [5.41, 5.74) is 2.67. The van der Waals surface area contributed by atoms with Crippen LogP contribution in [-0.4, -0.2) is 15.3 Å². The second-order valence-electron chi connectivity index (χ2n) is 4.71. The second-order valence-corrected chi connectivity index (χ2v) is 5.58. The number of fused-ring (bicyclic) bond motifs is 1. The number of rotatable bonds is 2. The van der Waals surface area contributed by atoms with Gasteiger partial charge < -0.3 is 9.72 Å². The van der Waals surface area contributed by atoms with Gasteiger partial charge in [-0.25, -0.2) is 4.98 Å². The molecule has 3 rings (SSSR count). The standard InChI is InChI=1S/C15H11Cl2N3O/c1-9-2-3-20-8-13(19-14(20)4-9)15(21)18-12-6-10(16)5-11(17)7-12/h2-8H,1H3,(H,18,21). The van der Waals surface area contributed by atoms with Gasteiger partial charge in [0, 0.05) is 28.1 Å². The van der Waals surface area contributed by atoms with E-state index >= 15 is 0 Å². The Labute approximate surface area is 131 Å². The van der Waals surface area contributed by atoms with Crippen LogP contribution < -0.4 is 5.32 Å². The lowest BCUT2D eigenvalue weighted by Crippen LogP contribution is -2.12. The Morgan fingerprint density at radius 3 is 2.62 bits per heavy atom. The van der Waals surface area contributed by atoms with Gasteiger partial charge in [0.2, 0.25) is 0 Å². The number of carbonyl (C=O) groups excluding carboxylic acids is 1. The number of anilines is 1. The van der Waals surface area contributed by atoms with Gasteiger partial charge in [0.05, 0.1) is 0 Å². The minimum atomic E-state index is -0.310. The SMILES string of the molecule is Cc1ccn2cc(C(=O)Nc3cc(Cl)cc(Cl)c3)nc2c1. The molecule has 0 aliphatic rings. The molecular weight excluding hydrogens is 309 g/mol. The molecule has 0 saturated carbocycles. The maximum atomic E-state index is 12.2. The zero-order chi connectivity index (χ0) is 15.0. The topological polar surface area (TPSA) is 46.4 Å². The molecule has 0 aliphatic carbocycles. The van der Waals surface area contributed by atoms with E-state index in [1.165, 1.54) is 0 Å². The number of amides is 1. The Bertz CT molecular complexity index is 822. The maximum absolute atomic E-state index is 12.2. The molecule has 0 bridgehead atoms. The third kappa shape index (κ3) is 3.01. The van der Waals surface area contributed by atoms with Crippen molar-refractivity contribution < 1.29 is 4.79 Å². The van der Waals surface area contributed by atoms with Crippen molar-refractivity contribution in [3.63, 3.8) is 0 Å². The van der Waals surface area contributed by atoms with Gasteiger partial charge >= 0.3 is 0 Å². The van der Waals surface area contributed by atoms with Crippen LogP contribution in [0.2, 0.25) is 10.0 Å². The smallest absolute Gasteiger partial charge is 0.275 e. The van der Waals surface area contributed by atoms with E-state index in [1.807, 2.05) is 25.3 Å². The zero-order valence-corrected chi connectivity index (χ0v) is 12.6. The fraction of sp³-hybridized carbons (Fsp3) is 0.0667. The average Bonchev–Trinajstić information content (AvgIpc) is 2.80. The van der Waals surface area contributed by atoms with Gasteiger partial charge in [-0.1, -0.05) is 23.2 Å². The number of nitrogens with one attached hydrogen (secondary N) is 1. The normalized spacial score (nSPS) is 10.8. The van der Waals surface area contributed by atoms with Gasteiger partial charge in [0.1, 0.15) is 11.3 Å². The first-order chi connectivity index (χ1) is 10.0. The Morgan fingerprint density at radius 1 is 1.19 bits per heavy atom. The monoisotopic (exact) mass is 319 g/mol. The molecule has 0 aliphatic heterocycles. The third-order valence-electron chi connectivity index (χ3n) is 2.97. The number of nitrogens with zero attached hydrogens (tertiary/aromatic N) is 2. The van der Waals surface area contributed by atoms with Crippen LogP contribution in [0.25, 0.3) is 5.65 Å². The van der Waals surface area contributed by atoms with Crippen molar-refractivity contribution in [3.8, 4) is 0 Å². The minimum Gasteiger partial charge on any atom is -0.321 e. The van der Waals surface area contributed by atoms with E-state index in [0.29, 0.717) is 21.4 Å². The van der Waals surface area contributed by atoms with Crippen molar-refractivity contribution >= 4 is 40.4 Å². The van der Waals surface area contributed by atoms with Crippen molar-refractivity contribution in [2.24, 2.45) is 0 Å². The number of hydrogen-bond acceptors (Lipinski definition) is 2. The summed E-state index contributed by atoms with van der Waals surface area (Å²) in [6.07, 6.45) is 3.54. The molecular formula is C15H11Cl2N3O. The summed E-state index contributed by atoms with van der Waals surface area (Å²) in [6.45, 7) is 1.97. The van der Waals surface area contributed by atoms with Gasteiger partial charge in [0.25, 0.3) is 5.91 Å². The van der Waals surface area contributed by atoms with E-state index in [2.05, 4.69) is 10.3 Å². The summed E-state index contributed by atoms with van der Waals surface area (Å²) in [6, 6.07) is 8.73. The molecule has 3 aromatic rings.